The second kappa shape index (κ2) is 7.29. The molecule has 0 aliphatic rings. The Hall–Kier alpha value is -2.05. The smallest absolute Gasteiger partial charge is 0.224 e. The Morgan fingerprint density at radius 2 is 2.14 bits per heavy atom. The molecule has 1 aromatic heterocycles. The number of nitrogens with zero attached hydrogens (tertiary/aromatic N) is 2. The van der Waals surface area contributed by atoms with Crippen LogP contribution in [0.25, 0.3) is 0 Å². The third kappa shape index (κ3) is 3.78. The number of Topliss-reactive ketones (excluding diaryl/α,β-unsaturated/α-hetero) is 1. The highest BCUT2D eigenvalue weighted by atomic mass is 35.5. The molecule has 1 heterocycles. The van der Waals surface area contributed by atoms with Crippen LogP contribution in [0.4, 0.5) is 5.82 Å². The third-order valence-electron chi connectivity index (χ3n) is 2.80. The van der Waals surface area contributed by atoms with Crippen molar-refractivity contribution in [3.05, 3.63) is 40.3 Å². The van der Waals surface area contributed by atoms with Gasteiger partial charge in [0.1, 0.15) is 5.75 Å². The van der Waals surface area contributed by atoms with E-state index in [0.29, 0.717) is 27.9 Å². The molecule has 1 aromatic carbocycles. The van der Waals surface area contributed by atoms with Crippen molar-refractivity contribution in [2.75, 3.05) is 26.1 Å². The van der Waals surface area contributed by atoms with Crippen molar-refractivity contribution in [1.29, 1.82) is 0 Å². The molecule has 0 saturated carbocycles. The van der Waals surface area contributed by atoms with Crippen LogP contribution < -0.4 is 14.8 Å². The van der Waals surface area contributed by atoms with E-state index in [1.807, 2.05) is 0 Å². The number of anilines is 1. The Balaban J connectivity index is 2.13. The zero-order valence-corrected chi connectivity index (χ0v) is 13.4. The first-order valence-corrected chi connectivity index (χ1v) is 7.00. The summed E-state index contributed by atoms with van der Waals surface area (Å²) in [6.07, 6.45) is 1.39. The Bertz CT molecular complexity index is 695. The molecule has 2 rings (SSSR count). The summed E-state index contributed by atoms with van der Waals surface area (Å²) < 4.78 is 10.5. The van der Waals surface area contributed by atoms with Gasteiger partial charge in [-0.05, 0) is 29.8 Å². The SMILES string of the molecule is CNc1nc(Cl)ncc1OCC(=O)c1cc(OC)ccc1Cl. The van der Waals surface area contributed by atoms with Crippen LogP contribution in [0, 0.1) is 0 Å². The Morgan fingerprint density at radius 1 is 1.36 bits per heavy atom. The molecule has 0 spiro atoms. The van der Waals surface area contributed by atoms with Crippen LogP contribution in [0.1, 0.15) is 10.4 Å². The van der Waals surface area contributed by atoms with E-state index in [0.717, 1.165) is 0 Å². The average molecular weight is 342 g/mol. The molecule has 0 radical (unpaired) electrons. The van der Waals surface area contributed by atoms with E-state index in [9.17, 15) is 4.79 Å². The maximum absolute atomic E-state index is 12.2. The van der Waals surface area contributed by atoms with Crippen LogP contribution in [0.3, 0.4) is 0 Å². The van der Waals surface area contributed by atoms with Crippen LogP contribution in [0.15, 0.2) is 24.4 Å². The van der Waals surface area contributed by atoms with Crippen molar-refractivity contribution in [2.24, 2.45) is 0 Å². The van der Waals surface area contributed by atoms with Gasteiger partial charge in [0, 0.05) is 12.6 Å². The van der Waals surface area contributed by atoms with Crippen molar-refractivity contribution in [2.45, 2.75) is 0 Å². The summed E-state index contributed by atoms with van der Waals surface area (Å²) in [6.45, 7) is -0.216. The van der Waals surface area contributed by atoms with Gasteiger partial charge in [-0.2, -0.15) is 4.98 Å². The van der Waals surface area contributed by atoms with E-state index in [-0.39, 0.29) is 17.7 Å². The van der Waals surface area contributed by atoms with Crippen LogP contribution in [-0.4, -0.2) is 36.5 Å². The molecule has 0 aliphatic carbocycles. The topological polar surface area (TPSA) is 73.3 Å². The number of nitrogens with one attached hydrogen (secondary N) is 1. The molecule has 2 aromatic rings. The Morgan fingerprint density at radius 3 is 2.82 bits per heavy atom. The van der Waals surface area contributed by atoms with Gasteiger partial charge in [0.2, 0.25) is 11.1 Å². The summed E-state index contributed by atoms with van der Waals surface area (Å²) in [5.41, 5.74) is 0.321. The first-order valence-electron chi connectivity index (χ1n) is 6.25. The molecule has 1 N–H and O–H groups in total. The summed E-state index contributed by atoms with van der Waals surface area (Å²) in [4.78, 5) is 20.0. The van der Waals surface area contributed by atoms with Crippen molar-refractivity contribution in [1.82, 2.24) is 9.97 Å². The van der Waals surface area contributed by atoms with Gasteiger partial charge in [0.25, 0.3) is 0 Å². The highest BCUT2D eigenvalue weighted by molar-refractivity contribution is 6.34. The lowest BCUT2D eigenvalue weighted by molar-refractivity contribution is 0.0921. The van der Waals surface area contributed by atoms with Gasteiger partial charge in [-0.15, -0.1) is 0 Å². The van der Waals surface area contributed by atoms with Gasteiger partial charge in [-0.3, -0.25) is 4.79 Å². The van der Waals surface area contributed by atoms with E-state index in [4.69, 9.17) is 32.7 Å². The monoisotopic (exact) mass is 341 g/mol. The van der Waals surface area contributed by atoms with E-state index in [1.165, 1.54) is 13.3 Å². The number of hydrogen-bond donors (Lipinski definition) is 1. The first-order chi connectivity index (χ1) is 10.5. The molecule has 0 saturated heterocycles. The summed E-state index contributed by atoms with van der Waals surface area (Å²) in [5, 5.41) is 3.22. The maximum atomic E-state index is 12.2. The number of carbonyl (C=O) groups is 1. The summed E-state index contributed by atoms with van der Waals surface area (Å²) in [5.74, 6) is 0.961. The third-order valence-corrected chi connectivity index (χ3v) is 3.31. The normalized spacial score (nSPS) is 10.2. The second-order valence-electron chi connectivity index (χ2n) is 4.16. The van der Waals surface area contributed by atoms with Crippen LogP contribution in [-0.2, 0) is 0 Å². The molecule has 8 heteroatoms. The van der Waals surface area contributed by atoms with Crippen molar-refractivity contribution in [3.8, 4) is 11.5 Å². The molecule has 0 bridgehead atoms. The largest absolute Gasteiger partial charge is 0.497 e. The summed E-state index contributed by atoms with van der Waals surface area (Å²) >= 11 is 11.7. The Labute approximate surface area is 137 Å². The number of halogens is 2. The van der Waals surface area contributed by atoms with Crippen LogP contribution in [0.2, 0.25) is 10.3 Å². The lowest BCUT2D eigenvalue weighted by Crippen LogP contribution is -2.13. The minimum absolute atomic E-state index is 0.0823. The lowest BCUT2D eigenvalue weighted by atomic mass is 10.1. The summed E-state index contributed by atoms with van der Waals surface area (Å²) in [6, 6.07) is 4.83. The zero-order chi connectivity index (χ0) is 16.1. The van der Waals surface area contributed by atoms with Crippen molar-refractivity contribution >= 4 is 34.8 Å². The number of hydrogen-bond acceptors (Lipinski definition) is 6. The van der Waals surface area contributed by atoms with Crippen molar-refractivity contribution < 1.29 is 14.3 Å². The fraction of sp³-hybridized carbons (Fsp3) is 0.214. The molecule has 0 unspecified atom stereocenters. The fourth-order valence-corrected chi connectivity index (χ4v) is 2.06. The lowest BCUT2D eigenvalue weighted by Gasteiger charge is -2.10. The molecule has 22 heavy (non-hydrogen) atoms. The Kier molecular flexibility index (Phi) is 5.41. The zero-order valence-electron chi connectivity index (χ0n) is 11.9. The van der Waals surface area contributed by atoms with Gasteiger partial charge in [-0.25, -0.2) is 4.98 Å². The number of benzene rings is 1. The number of ether oxygens (including phenoxy) is 2. The molecule has 0 aliphatic heterocycles. The average Bonchev–Trinajstić information content (AvgIpc) is 2.53. The number of carbonyl (C=O) groups excluding carboxylic acids is 1. The van der Waals surface area contributed by atoms with Crippen molar-refractivity contribution in [3.63, 3.8) is 0 Å². The van der Waals surface area contributed by atoms with Gasteiger partial charge in [0.15, 0.2) is 18.2 Å². The molecule has 6 nitrogen and oxygen atoms in total. The quantitative estimate of drug-likeness (QED) is 0.642. The summed E-state index contributed by atoms with van der Waals surface area (Å²) in [7, 11) is 3.17. The minimum atomic E-state index is -0.291. The molecular weight excluding hydrogens is 329 g/mol. The van der Waals surface area contributed by atoms with E-state index in [1.54, 1.807) is 25.2 Å². The standard InChI is InChI=1S/C14H13Cl2N3O3/c1-17-13-12(6-18-14(16)19-13)22-7-11(20)9-5-8(21-2)3-4-10(9)15/h3-6H,7H2,1-2H3,(H,17,18,19). The van der Waals surface area contributed by atoms with E-state index >= 15 is 0 Å². The number of methoxy groups -OCH3 is 1. The van der Waals surface area contributed by atoms with Gasteiger partial charge >= 0.3 is 0 Å². The first kappa shape index (κ1) is 16.3. The van der Waals surface area contributed by atoms with Gasteiger partial charge < -0.3 is 14.8 Å². The predicted octanol–water partition coefficient (Wildman–Crippen LogP) is 3.10. The maximum Gasteiger partial charge on any atom is 0.224 e. The molecule has 0 fully saturated rings. The second-order valence-corrected chi connectivity index (χ2v) is 4.90. The highest BCUT2D eigenvalue weighted by Crippen LogP contribution is 2.24. The van der Waals surface area contributed by atoms with Gasteiger partial charge in [-0.1, -0.05) is 11.6 Å². The molecule has 0 atom stereocenters. The highest BCUT2D eigenvalue weighted by Gasteiger charge is 2.14. The molecular formula is C14H13Cl2N3O3. The molecule has 0 amide bonds. The minimum Gasteiger partial charge on any atom is -0.497 e. The number of ketones is 1. The van der Waals surface area contributed by atoms with E-state index in [2.05, 4.69) is 15.3 Å². The fourth-order valence-electron chi connectivity index (χ4n) is 1.70. The molecule has 116 valence electrons. The number of aromatic nitrogens is 2. The van der Waals surface area contributed by atoms with Crippen LogP contribution >= 0.6 is 23.2 Å². The number of rotatable bonds is 6. The van der Waals surface area contributed by atoms with E-state index < -0.39 is 0 Å². The van der Waals surface area contributed by atoms with Gasteiger partial charge in [0.05, 0.1) is 18.3 Å². The van der Waals surface area contributed by atoms with Crippen LogP contribution in [0.5, 0.6) is 11.5 Å². The predicted molar refractivity (Wildman–Crippen MR) is 84.4 cm³/mol.